The largest absolute Gasteiger partial charge is 0.490 e. The fourth-order valence-corrected chi connectivity index (χ4v) is 3.03. The van der Waals surface area contributed by atoms with Crippen molar-refractivity contribution in [3.8, 4) is 11.8 Å². The van der Waals surface area contributed by atoms with Crippen LogP contribution in [0.5, 0.6) is 5.75 Å². The number of hydrogen-bond acceptors (Lipinski definition) is 2. The molecule has 0 spiro atoms. The summed E-state index contributed by atoms with van der Waals surface area (Å²) in [7, 11) is 0. The SMILES string of the molecule is CC1CCC(C(C)C)C(Oc2ccc(C#N)cc2)C1. The normalized spacial score (nSPS) is 27.0. The Bertz CT molecular complexity index is 443. The van der Waals surface area contributed by atoms with Gasteiger partial charge in [-0.3, -0.25) is 0 Å². The van der Waals surface area contributed by atoms with E-state index in [1.54, 1.807) is 0 Å². The van der Waals surface area contributed by atoms with Crippen LogP contribution in [0.15, 0.2) is 24.3 Å². The predicted molar refractivity (Wildman–Crippen MR) is 76.9 cm³/mol. The highest BCUT2D eigenvalue weighted by Crippen LogP contribution is 2.35. The molecular formula is C17H23NO. The first-order valence-electron chi connectivity index (χ1n) is 7.27. The minimum absolute atomic E-state index is 0.316. The average molecular weight is 257 g/mol. The summed E-state index contributed by atoms with van der Waals surface area (Å²) < 4.78 is 6.19. The molecule has 0 aliphatic heterocycles. The Hall–Kier alpha value is -1.49. The average Bonchev–Trinajstić information content (AvgIpc) is 2.39. The Morgan fingerprint density at radius 1 is 1.21 bits per heavy atom. The van der Waals surface area contributed by atoms with E-state index >= 15 is 0 Å². The zero-order chi connectivity index (χ0) is 13.8. The van der Waals surface area contributed by atoms with Crippen molar-refractivity contribution >= 4 is 0 Å². The molecule has 1 aromatic carbocycles. The molecule has 0 heterocycles. The summed E-state index contributed by atoms with van der Waals surface area (Å²) in [6.07, 6.45) is 4.04. The summed E-state index contributed by atoms with van der Waals surface area (Å²) in [5.74, 6) is 2.95. The van der Waals surface area contributed by atoms with E-state index in [1.165, 1.54) is 12.8 Å². The second-order valence-corrected chi connectivity index (χ2v) is 6.12. The second kappa shape index (κ2) is 6.10. The Morgan fingerprint density at radius 2 is 1.89 bits per heavy atom. The molecular weight excluding hydrogens is 234 g/mol. The summed E-state index contributed by atoms with van der Waals surface area (Å²) in [5, 5.41) is 8.81. The van der Waals surface area contributed by atoms with Gasteiger partial charge >= 0.3 is 0 Å². The lowest BCUT2D eigenvalue weighted by molar-refractivity contribution is 0.0460. The highest BCUT2D eigenvalue weighted by Gasteiger charge is 2.32. The molecule has 0 bridgehead atoms. The maximum Gasteiger partial charge on any atom is 0.119 e. The molecule has 0 radical (unpaired) electrons. The summed E-state index contributed by atoms with van der Waals surface area (Å²) in [6, 6.07) is 9.61. The minimum atomic E-state index is 0.316. The first-order valence-corrected chi connectivity index (χ1v) is 7.27. The number of benzene rings is 1. The van der Waals surface area contributed by atoms with Crippen LogP contribution < -0.4 is 4.74 Å². The van der Waals surface area contributed by atoms with E-state index in [1.807, 2.05) is 24.3 Å². The van der Waals surface area contributed by atoms with Crippen molar-refractivity contribution in [1.82, 2.24) is 0 Å². The van der Waals surface area contributed by atoms with Crippen molar-refractivity contribution in [3.05, 3.63) is 29.8 Å². The van der Waals surface area contributed by atoms with E-state index < -0.39 is 0 Å². The first kappa shape index (κ1) is 13.9. The lowest BCUT2D eigenvalue weighted by Crippen LogP contribution is -2.36. The summed E-state index contributed by atoms with van der Waals surface area (Å²) in [5.41, 5.74) is 0.685. The molecule has 1 aromatic rings. The van der Waals surface area contributed by atoms with Gasteiger partial charge in [-0.25, -0.2) is 0 Å². The van der Waals surface area contributed by atoms with Crippen molar-refractivity contribution < 1.29 is 4.74 Å². The number of nitriles is 1. The molecule has 0 N–H and O–H groups in total. The topological polar surface area (TPSA) is 33.0 Å². The summed E-state index contributed by atoms with van der Waals surface area (Å²) >= 11 is 0. The molecule has 3 unspecified atom stereocenters. The molecule has 2 heteroatoms. The third kappa shape index (κ3) is 3.50. The van der Waals surface area contributed by atoms with Gasteiger partial charge in [0.25, 0.3) is 0 Å². The van der Waals surface area contributed by atoms with Crippen LogP contribution in [-0.4, -0.2) is 6.10 Å². The van der Waals surface area contributed by atoms with E-state index in [0.717, 1.165) is 18.1 Å². The maximum absolute atomic E-state index is 8.81. The van der Waals surface area contributed by atoms with E-state index in [4.69, 9.17) is 10.00 Å². The highest BCUT2D eigenvalue weighted by atomic mass is 16.5. The van der Waals surface area contributed by atoms with Gasteiger partial charge < -0.3 is 4.74 Å². The predicted octanol–water partition coefficient (Wildman–Crippen LogP) is 4.40. The van der Waals surface area contributed by atoms with Crippen molar-refractivity contribution in [2.24, 2.45) is 17.8 Å². The molecule has 1 saturated carbocycles. The lowest BCUT2D eigenvalue weighted by atomic mass is 9.75. The zero-order valence-electron chi connectivity index (χ0n) is 12.1. The van der Waals surface area contributed by atoms with Gasteiger partial charge in [-0.2, -0.15) is 5.26 Å². The van der Waals surface area contributed by atoms with E-state index in [0.29, 0.717) is 23.5 Å². The third-order valence-electron chi connectivity index (χ3n) is 4.23. The molecule has 102 valence electrons. The molecule has 1 fully saturated rings. The van der Waals surface area contributed by atoms with Gasteiger partial charge in [0.05, 0.1) is 11.6 Å². The number of ether oxygens (including phenoxy) is 1. The van der Waals surface area contributed by atoms with Crippen LogP contribution >= 0.6 is 0 Å². The lowest BCUT2D eigenvalue weighted by Gasteiger charge is -2.37. The fraction of sp³-hybridized carbons (Fsp3) is 0.588. The molecule has 0 amide bonds. The number of hydrogen-bond donors (Lipinski definition) is 0. The molecule has 2 nitrogen and oxygen atoms in total. The molecule has 1 aliphatic carbocycles. The van der Waals surface area contributed by atoms with Gasteiger partial charge in [-0.05, 0) is 54.9 Å². The third-order valence-corrected chi connectivity index (χ3v) is 4.23. The fourth-order valence-electron chi connectivity index (χ4n) is 3.03. The van der Waals surface area contributed by atoms with Crippen LogP contribution in [0.25, 0.3) is 0 Å². The van der Waals surface area contributed by atoms with Crippen molar-refractivity contribution in [2.75, 3.05) is 0 Å². The van der Waals surface area contributed by atoms with Gasteiger partial charge in [0.1, 0.15) is 11.9 Å². The van der Waals surface area contributed by atoms with E-state index in [-0.39, 0.29) is 0 Å². The van der Waals surface area contributed by atoms with Crippen molar-refractivity contribution in [1.29, 1.82) is 5.26 Å². The standard InChI is InChI=1S/C17H23NO/c1-12(2)16-9-4-13(3)10-17(16)19-15-7-5-14(11-18)6-8-15/h5-8,12-13,16-17H,4,9-10H2,1-3H3. The summed E-state index contributed by atoms with van der Waals surface area (Å²) in [6.45, 7) is 6.89. The van der Waals surface area contributed by atoms with Crippen LogP contribution in [0.2, 0.25) is 0 Å². The van der Waals surface area contributed by atoms with Gasteiger partial charge in [0, 0.05) is 0 Å². The minimum Gasteiger partial charge on any atom is -0.490 e. The van der Waals surface area contributed by atoms with E-state index in [9.17, 15) is 0 Å². The Balaban J connectivity index is 2.07. The van der Waals surface area contributed by atoms with Gasteiger partial charge in [-0.15, -0.1) is 0 Å². The molecule has 0 aromatic heterocycles. The highest BCUT2D eigenvalue weighted by molar-refractivity contribution is 5.34. The smallest absolute Gasteiger partial charge is 0.119 e. The maximum atomic E-state index is 8.81. The molecule has 0 saturated heterocycles. The van der Waals surface area contributed by atoms with Crippen molar-refractivity contribution in [2.45, 2.75) is 46.1 Å². The Morgan fingerprint density at radius 3 is 2.47 bits per heavy atom. The van der Waals surface area contributed by atoms with E-state index in [2.05, 4.69) is 26.8 Å². The van der Waals surface area contributed by atoms with Crippen LogP contribution in [0.3, 0.4) is 0 Å². The van der Waals surface area contributed by atoms with Gasteiger partial charge in [-0.1, -0.05) is 27.2 Å². The van der Waals surface area contributed by atoms with Crippen LogP contribution in [-0.2, 0) is 0 Å². The van der Waals surface area contributed by atoms with Crippen LogP contribution in [0.1, 0.15) is 45.6 Å². The monoisotopic (exact) mass is 257 g/mol. The Labute approximate surface area is 116 Å². The quantitative estimate of drug-likeness (QED) is 0.804. The van der Waals surface area contributed by atoms with Crippen LogP contribution in [0, 0.1) is 29.1 Å². The summed E-state index contributed by atoms with van der Waals surface area (Å²) in [4.78, 5) is 0. The Kier molecular flexibility index (Phi) is 4.47. The van der Waals surface area contributed by atoms with Crippen molar-refractivity contribution in [3.63, 3.8) is 0 Å². The van der Waals surface area contributed by atoms with Gasteiger partial charge in [0.15, 0.2) is 0 Å². The van der Waals surface area contributed by atoms with Crippen LogP contribution in [0.4, 0.5) is 0 Å². The molecule has 2 rings (SSSR count). The molecule has 1 aliphatic rings. The molecule has 3 atom stereocenters. The zero-order valence-corrected chi connectivity index (χ0v) is 12.1. The molecule has 19 heavy (non-hydrogen) atoms. The van der Waals surface area contributed by atoms with Gasteiger partial charge in [0.2, 0.25) is 0 Å². The first-order chi connectivity index (χ1) is 9.10. The second-order valence-electron chi connectivity index (χ2n) is 6.12. The number of nitrogens with zero attached hydrogens (tertiary/aromatic N) is 1. The number of rotatable bonds is 3.